The normalized spacial score (nSPS) is 18.4. The van der Waals surface area contributed by atoms with Crippen LogP contribution in [-0.2, 0) is 14.8 Å². The second-order valence-corrected chi connectivity index (χ2v) is 8.09. The number of nitrogens with zero attached hydrogens (tertiary/aromatic N) is 1. The summed E-state index contributed by atoms with van der Waals surface area (Å²) in [6.07, 6.45) is 1.79. The number of rotatable bonds is 5. The van der Waals surface area contributed by atoms with Crippen molar-refractivity contribution in [1.29, 1.82) is 0 Å². The Kier molecular flexibility index (Phi) is 5.37. The molecular formula is C13H21N3O3S2. The summed E-state index contributed by atoms with van der Waals surface area (Å²) in [6, 6.07) is 2.61. The van der Waals surface area contributed by atoms with Gasteiger partial charge in [0.1, 0.15) is 4.21 Å². The summed E-state index contributed by atoms with van der Waals surface area (Å²) < 4.78 is 26.9. The van der Waals surface area contributed by atoms with E-state index in [1.54, 1.807) is 30.3 Å². The van der Waals surface area contributed by atoms with Crippen molar-refractivity contribution in [3.05, 3.63) is 17.5 Å². The van der Waals surface area contributed by atoms with Crippen LogP contribution in [0.4, 0.5) is 0 Å². The quantitative estimate of drug-likeness (QED) is 0.829. The number of nitrogens with one attached hydrogen (secondary N) is 2. The Morgan fingerprint density at radius 2 is 2.14 bits per heavy atom. The fourth-order valence-electron chi connectivity index (χ4n) is 2.44. The van der Waals surface area contributed by atoms with Crippen LogP contribution < -0.4 is 10.0 Å². The van der Waals surface area contributed by atoms with Crippen molar-refractivity contribution < 1.29 is 13.2 Å². The van der Waals surface area contributed by atoms with Crippen LogP contribution in [-0.4, -0.2) is 51.4 Å². The fraction of sp³-hybridized carbons (Fsp3) is 0.615. The van der Waals surface area contributed by atoms with Crippen molar-refractivity contribution in [2.24, 2.45) is 0 Å². The zero-order valence-corrected chi connectivity index (χ0v) is 13.8. The first kappa shape index (κ1) is 16.4. The monoisotopic (exact) mass is 331 g/mol. The number of hydrogen-bond acceptors (Lipinski definition) is 5. The summed E-state index contributed by atoms with van der Waals surface area (Å²) >= 11 is 1.14. The number of amides is 1. The van der Waals surface area contributed by atoms with E-state index in [9.17, 15) is 13.2 Å². The average Bonchev–Trinajstić information content (AvgIpc) is 3.01. The van der Waals surface area contributed by atoms with Crippen LogP contribution in [0.25, 0.3) is 0 Å². The van der Waals surface area contributed by atoms with Crippen molar-refractivity contribution in [2.45, 2.75) is 36.1 Å². The van der Waals surface area contributed by atoms with Crippen molar-refractivity contribution in [1.82, 2.24) is 14.9 Å². The molecule has 1 aromatic rings. The number of piperidine rings is 1. The molecule has 1 atom stereocenters. The van der Waals surface area contributed by atoms with Gasteiger partial charge < -0.3 is 10.2 Å². The lowest BCUT2D eigenvalue weighted by Crippen LogP contribution is -2.51. The second kappa shape index (κ2) is 6.87. The molecule has 1 amide bonds. The number of thiophene rings is 1. The standard InChI is InChI=1S/C13H21N3O3S2/c1-10(15-21(18,19)12-4-3-9-20-12)13(17)16(2)11-5-7-14-8-6-11/h3-4,9-11,14-15H,5-8H2,1-2H3. The van der Waals surface area contributed by atoms with Gasteiger partial charge in [-0.25, -0.2) is 8.42 Å². The lowest BCUT2D eigenvalue weighted by atomic mass is 10.0. The van der Waals surface area contributed by atoms with E-state index in [2.05, 4.69) is 10.0 Å². The third-order valence-electron chi connectivity index (χ3n) is 3.67. The minimum Gasteiger partial charge on any atom is -0.341 e. The third-order valence-corrected chi connectivity index (χ3v) is 6.60. The number of likely N-dealkylation sites (N-methyl/N-ethyl adjacent to an activating group) is 1. The Bertz CT molecular complexity index is 565. The summed E-state index contributed by atoms with van der Waals surface area (Å²) in [5.41, 5.74) is 0. The summed E-state index contributed by atoms with van der Waals surface area (Å²) in [6.45, 7) is 3.36. The van der Waals surface area contributed by atoms with Gasteiger partial charge >= 0.3 is 0 Å². The molecule has 21 heavy (non-hydrogen) atoms. The molecule has 0 spiro atoms. The maximum absolute atomic E-state index is 12.4. The van der Waals surface area contributed by atoms with Crippen molar-refractivity contribution in [2.75, 3.05) is 20.1 Å². The number of carbonyl (C=O) groups excluding carboxylic acids is 1. The van der Waals surface area contributed by atoms with Gasteiger partial charge in [-0.05, 0) is 44.3 Å². The average molecular weight is 331 g/mol. The first-order chi connectivity index (χ1) is 9.92. The molecule has 1 aromatic heterocycles. The maximum Gasteiger partial charge on any atom is 0.250 e. The molecule has 0 radical (unpaired) electrons. The molecule has 8 heteroatoms. The predicted molar refractivity (Wildman–Crippen MR) is 82.8 cm³/mol. The smallest absolute Gasteiger partial charge is 0.250 e. The molecule has 6 nitrogen and oxygen atoms in total. The predicted octanol–water partition coefficient (Wildman–Crippen LogP) is 0.625. The summed E-state index contributed by atoms with van der Waals surface area (Å²) in [5.74, 6) is -0.193. The Morgan fingerprint density at radius 3 is 2.71 bits per heavy atom. The first-order valence-corrected chi connectivity index (χ1v) is 9.31. The highest BCUT2D eigenvalue weighted by molar-refractivity contribution is 7.91. The molecule has 2 rings (SSSR count). The SMILES string of the molecule is CC(NS(=O)(=O)c1cccs1)C(=O)N(C)C1CCNCC1. The zero-order valence-electron chi connectivity index (χ0n) is 12.2. The summed E-state index contributed by atoms with van der Waals surface area (Å²) in [4.78, 5) is 14.0. The van der Waals surface area contributed by atoms with E-state index in [4.69, 9.17) is 0 Å². The van der Waals surface area contributed by atoms with Gasteiger partial charge in [0.2, 0.25) is 5.91 Å². The second-order valence-electron chi connectivity index (χ2n) is 5.21. The molecule has 2 N–H and O–H groups in total. The molecule has 118 valence electrons. The minimum atomic E-state index is -3.62. The van der Waals surface area contributed by atoms with Crippen molar-refractivity contribution in [3.63, 3.8) is 0 Å². The summed E-state index contributed by atoms with van der Waals surface area (Å²) in [7, 11) is -1.87. The van der Waals surface area contributed by atoms with E-state index < -0.39 is 16.1 Å². The third kappa shape index (κ3) is 4.03. The van der Waals surface area contributed by atoms with Crippen LogP contribution in [0.5, 0.6) is 0 Å². The molecule has 1 aliphatic rings. The molecule has 0 bridgehead atoms. The maximum atomic E-state index is 12.4. The molecule has 1 saturated heterocycles. The van der Waals surface area contributed by atoms with Gasteiger partial charge in [0, 0.05) is 13.1 Å². The van der Waals surface area contributed by atoms with Crippen molar-refractivity contribution in [3.8, 4) is 0 Å². The van der Waals surface area contributed by atoms with Crippen molar-refractivity contribution >= 4 is 27.3 Å². The van der Waals surface area contributed by atoms with Crippen LogP contribution >= 0.6 is 11.3 Å². The minimum absolute atomic E-state index is 0.174. The van der Waals surface area contributed by atoms with E-state index in [-0.39, 0.29) is 16.2 Å². The van der Waals surface area contributed by atoms with Gasteiger partial charge in [0.15, 0.2) is 0 Å². The highest BCUT2D eigenvalue weighted by Crippen LogP contribution is 2.17. The fourth-order valence-corrected chi connectivity index (χ4v) is 4.64. The number of sulfonamides is 1. The largest absolute Gasteiger partial charge is 0.341 e. The zero-order chi connectivity index (χ0) is 15.5. The molecule has 0 aromatic carbocycles. The first-order valence-electron chi connectivity index (χ1n) is 6.95. The van der Waals surface area contributed by atoms with Crippen LogP contribution in [0.2, 0.25) is 0 Å². The molecule has 0 saturated carbocycles. The lowest BCUT2D eigenvalue weighted by Gasteiger charge is -2.33. The van der Waals surface area contributed by atoms with Gasteiger partial charge in [-0.15, -0.1) is 11.3 Å². The molecule has 1 aliphatic heterocycles. The van der Waals surface area contributed by atoms with Gasteiger partial charge in [-0.2, -0.15) is 4.72 Å². The molecule has 2 heterocycles. The molecule has 0 aliphatic carbocycles. The van der Waals surface area contributed by atoms with Gasteiger partial charge in [-0.1, -0.05) is 6.07 Å². The molecular weight excluding hydrogens is 310 g/mol. The van der Waals surface area contributed by atoms with Crippen LogP contribution in [0, 0.1) is 0 Å². The van der Waals surface area contributed by atoms with Crippen LogP contribution in [0.15, 0.2) is 21.7 Å². The topological polar surface area (TPSA) is 78.5 Å². The summed E-state index contributed by atoms with van der Waals surface area (Å²) in [5, 5.41) is 4.94. The van der Waals surface area contributed by atoms with Crippen LogP contribution in [0.1, 0.15) is 19.8 Å². The Balaban J connectivity index is 1.99. The highest BCUT2D eigenvalue weighted by Gasteiger charge is 2.28. The van der Waals surface area contributed by atoms with Crippen LogP contribution in [0.3, 0.4) is 0 Å². The van der Waals surface area contributed by atoms with E-state index in [0.29, 0.717) is 0 Å². The highest BCUT2D eigenvalue weighted by atomic mass is 32.2. The van der Waals surface area contributed by atoms with E-state index >= 15 is 0 Å². The van der Waals surface area contributed by atoms with E-state index in [1.807, 2.05) is 0 Å². The molecule has 1 fully saturated rings. The molecule has 1 unspecified atom stereocenters. The van der Waals surface area contributed by atoms with E-state index in [0.717, 1.165) is 37.3 Å². The van der Waals surface area contributed by atoms with E-state index in [1.165, 1.54) is 6.07 Å². The Hall–Kier alpha value is -0.960. The van der Waals surface area contributed by atoms with Gasteiger partial charge in [0.25, 0.3) is 10.0 Å². The number of hydrogen-bond donors (Lipinski definition) is 2. The lowest BCUT2D eigenvalue weighted by molar-refractivity contribution is -0.133. The van der Waals surface area contributed by atoms with Gasteiger partial charge in [0.05, 0.1) is 6.04 Å². The number of carbonyl (C=O) groups is 1. The Morgan fingerprint density at radius 1 is 1.48 bits per heavy atom. The van der Waals surface area contributed by atoms with Gasteiger partial charge in [-0.3, -0.25) is 4.79 Å². The Labute approximate surface area is 129 Å².